The van der Waals surface area contributed by atoms with E-state index < -0.39 is 0 Å². The fraction of sp³-hybridized carbons (Fsp3) is 0.500. The number of rotatable bonds is 5. The highest BCUT2D eigenvalue weighted by Crippen LogP contribution is 2.58. The lowest BCUT2D eigenvalue weighted by Crippen LogP contribution is -2.36. The minimum Gasteiger partial charge on any atom is -0.306 e. The van der Waals surface area contributed by atoms with Crippen LogP contribution in [0.5, 0.6) is 0 Å². The summed E-state index contributed by atoms with van der Waals surface area (Å²) >= 11 is 0. The summed E-state index contributed by atoms with van der Waals surface area (Å²) in [5, 5.41) is 3.18. The van der Waals surface area contributed by atoms with Crippen LogP contribution in [0.3, 0.4) is 0 Å². The van der Waals surface area contributed by atoms with Crippen LogP contribution in [0.4, 0.5) is 0 Å². The highest BCUT2D eigenvalue weighted by molar-refractivity contribution is 7.70. The molecular weight excluding hydrogens is 285 g/mol. The lowest BCUT2D eigenvalue weighted by Gasteiger charge is -2.36. The maximum absolute atomic E-state index is 2.47. The Morgan fingerprint density at radius 3 is 2.55 bits per heavy atom. The Labute approximate surface area is 136 Å². The van der Waals surface area contributed by atoms with Crippen LogP contribution in [0.2, 0.25) is 0 Å². The summed E-state index contributed by atoms with van der Waals surface area (Å²) in [6.07, 6.45) is 12.5. The molecule has 4 atom stereocenters. The van der Waals surface area contributed by atoms with Gasteiger partial charge in [-0.1, -0.05) is 55.0 Å². The number of hydrogen-bond donors (Lipinski definition) is 0. The zero-order chi connectivity index (χ0) is 15.5. The largest absolute Gasteiger partial charge is 0.306 e. The number of nitrogens with zero attached hydrogens (tertiary/aromatic N) is 1. The average Bonchev–Trinajstić information content (AvgIpc) is 3.20. The van der Waals surface area contributed by atoms with Crippen LogP contribution in [0.25, 0.3) is 0 Å². The van der Waals surface area contributed by atoms with E-state index in [0.29, 0.717) is 6.04 Å². The van der Waals surface area contributed by atoms with Crippen LogP contribution in [-0.4, -0.2) is 30.7 Å². The van der Waals surface area contributed by atoms with Crippen molar-refractivity contribution in [3.05, 3.63) is 53.9 Å². The van der Waals surface area contributed by atoms with Crippen LogP contribution >= 0.6 is 7.92 Å². The smallest absolute Gasteiger partial charge is 0.00953 e. The van der Waals surface area contributed by atoms with Gasteiger partial charge in [-0.25, -0.2) is 0 Å². The molecule has 2 aliphatic rings. The number of hydrogen-bond acceptors (Lipinski definition) is 1. The molecule has 1 aromatic rings. The van der Waals surface area contributed by atoms with Gasteiger partial charge in [0.25, 0.3) is 0 Å². The van der Waals surface area contributed by atoms with E-state index in [0.717, 1.165) is 18.0 Å². The van der Waals surface area contributed by atoms with Crippen LogP contribution in [0, 0.1) is 5.92 Å². The first kappa shape index (κ1) is 16.0. The molecule has 0 saturated heterocycles. The SMILES string of the molecule is C[C@H](C1CCCC1[P@](C1=CCC=C1)c1ccccc1)N(C)C. The molecule has 1 aromatic carbocycles. The summed E-state index contributed by atoms with van der Waals surface area (Å²) in [5.74, 6) is 0.830. The summed E-state index contributed by atoms with van der Waals surface area (Å²) in [5.41, 5.74) is 0.837. The van der Waals surface area contributed by atoms with E-state index in [4.69, 9.17) is 0 Å². The Morgan fingerprint density at radius 2 is 1.91 bits per heavy atom. The van der Waals surface area contributed by atoms with Gasteiger partial charge in [-0.3, -0.25) is 0 Å². The zero-order valence-corrected chi connectivity index (χ0v) is 15.0. The van der Waals surface area contributed by atoms with E-state index >= 15 is 0 Å². The van der Waals surface area contributed by atoms with E-state index in [1.807, 2.05) is 0 Å². The van der Waals surface area contributed by atoms with Crippen LogP contribution in [0.15, 0.2) is 53.9 Å². The number of allylic oxidation sites excluding steroid dienone is 4. The fourth-order valence-corrected chi connectivity index (χ4v) is 7.33. The molecule has 118 valence electrons. The Bertz CT molecular complexity index is 546. The zero-order valence-electron chi connectivity index (χ0n) is 14.1. The summed E-state index contributed by atoms with van der Waals surface area (Å²) in [7, 11) is 4.26. The van der Waals surface area contributed by atoms with Gasteiger partial charge in [0.15, 0.2) is 0 Å². The van der Waals surface area contributed by atoms with Crippen molar-refractivity contribution in [2.75, 3.05) is 14.1 Å². The van der Waals surface area contributed by atoms with Crippen molar-refractivity contribution in [3.8, 4) is 0 Å². The van der Waals surface area contributed by atoms with Crippen molar-refractivity contribution in [1.82, 2.24) is 4.90 Å². The summed E-state index contributed by atoms with van der Waals surface area (Å²) in [4.78, 5) is 2.42. The predicted octanol–water partition coefficient (Wildman–Crippen LogP) is 4.76. The molecule has 0 aromatic heterocycles. The van der Waals surface area contributed by atoms with Crippen LogP contribution in [0.1, 0.15) is 32.6 Å². The Kier molecular flexibility index (Phi) is 5.16. The van der Waals surface area contributed by atoms with Crippen LogP contribution < -0.4 is 5.30 Å². The summed E-state index contributed by atoms with van der Waals surface area (Å²) in [6, 6.07) is 12.0. The van der Waals surface area contributed by atoms with E-state index in [2.05, 4.69) is 74.5 Å². The minimum absolute atomic E-state index is 0.207. The maximum Gasteiger partial charge on any atom is 0.00953 e. The second kappa shape index (κ2) is 7.11. The highest BCUT2D eigenvalue weighted by Gasteiger charge is 2.39. The summed E-state index contributed by atoms with van der Waals surface area (Å²) < 4.78 is 0. The number of benzene rings is 1. The molecule has 1 nitrogen and oxygen atoms in total. The van der Waals surface area contributed by atoms with E-state index in [1.165, 1.54) is 19.3 Å². The molecule has 22 heavy (non-hydrogen) atoms. The second-order valence-electron chi connectivity index (χ2n) is 6.84. The normalized spacial score (nSPS) is 27.2. The van der Waals surface area contributed by atoms with Gasteiger partial charge in [-0.2, -0.15) is 0 Å². The molecule has 1 saturated carbocycles. The lowest BCUT2D eigenvalue weighted by molar-refractivity contribution is 0.232. The third-order valence-corrected chi connectivity index (χ3v) is 8.41. The molecule has 3 rings (SSSR count). The molecule has 2 heteroatoms. The molecule has 0 radical (unpaired) electrons. The van der Waals surface area contributed by atoms with Gasteiger partial charge in [0.2, 0.25) is 0 Å². The maximum atomic E-state index is 2.47. The van der Waals surface area contributed by atoms with Crippen LogP contribution in [-0.2, 0) is 0 Å². The first-order chi connectivity index (χ1) is 10.7. The topological polar surface area (TPSA) is 3.24 Å². The van der Waals surface area contributed by atoms with Gasteiger partial charge in [0, 0.05) is 6.04 Å². The third kappa shape index (κ3) is 3.21. The van der Waals surface area contributed by atoms with Gasteiger partial charge in [-0.05, 0) is 70.4 Å². The van der Waals surface area contributed by atoms with Crippen molar-refractivity contribution in [1.29, 1.82) is 0 Å². The molecule has 0 bridgehead atoms. The molecular formula is C20H28NP. The highest BCUT2D eigenvalue weighted by atomic mass is 31.1. The predicted molar refractivity (Wildman–Crippen MR) is 99.1 cm³/mol. The van der Waals surface area contributed by atoms with Gasteiger partial charge in [0.05, 0.1) is 0 Å². The molecule has 0 spiro atoms. The molecule has 0 aliphatic heterocycles. The fourth-order valence-electron chi connectivity index (χ4n) is 3.98. The molecule has 2 unspecified atom stereocenters. The molecule has 0 N–H and O–H groups in total. The van der Waals surface area contributed by atoms with Crippen molar-refractivity contribution < 1.29 is 0 Å². The minimum atomic E-state index is -0.207. The molecule has 1 fully saturated rings. The summed E-state index contributed by atoms with van der Waals surface area (Å²) in [6.45, 7) is 2.42. The van der Waals surface area contributed by atoms with E-state index in [9.17, 15) is 0 Å². The monoisotopic (exact) mass is 313 g/mol. The quantitative estimate of drug-likeness (QED) is 0.709. The molecule has 0 heterocycles. The Balaban J connectivity index is 1.93. The van der Waals surface area contributed by atoms with Gasteiger partial charge in [-0.15, -0.1) is 0 Å². The van der Waals surface area contributed by atoms with Crippen molar-refractivity contribution in [2.45, 2.75) is 44.3 Å². The molecule has 2 aliphatic carbocycles. The Morgan fingerprint density at radius 1 is 1.14 bits per heavy atom. The average molecular weight is 313 g/mol. The van der Waals surface area contributed by atoms with Gasteiger partial charge in [0.1, 0.15) is 0 Å². The van der Waals surface area contributed by atoms with E-state index in [-0.39, 0.29) is 7.92 Å². The van der Waals surface area contributed by atoms with Crippen molar-refractivity contribution in [2.24, 2.45) is 5.92 Å². The standard InChI is InChI=1S/C20H28NP/c1-16(21(2)3)19-14-9-15-20(19)22(18-12-7-8-13-18)17-10-5-4-6-11-17/h4-7,10-13,16,19-20H,8-9,14-15H2,1-3H3/t16-,19?,20?,22+/m1/s1. The first-order valence-corrected chi connectivity index (χ1v) is 9.97. The molecule has 0 amide bonds. The van der Waals surface area contributed by atoms with Gasteiger partial charge < -0.3 is 4.90 Å². The Hall–Kier alpha value is -0.910. The third-order valence-electron chi connectivity index (χ3n) is 5.36. The van der Waals surface area contributed by atoms with Gasteiger partial charge >= 0.3 is 0 Å². The first-order valence-electron chi connectivity index (χ1n) is 8.56. The lowest BCUT2D eigenvalue weighted by atomic mass is 9.98. The van der Waals surface area contributed by atoms with Crippen molar-refractivity contribution >= 4 is 13.2 Å². The van der Waals surface area contributed by atoms with Crippen molar-refractivity contribution in [3.63, 3.8) is 0 Å². The van der Waals surface area contributed by atoms with E-state index in [1.54, 1.807) is 10.6 Å². The second-order valence-corrected chi connectivity index (χ2v) is 9.28.